The van der Waals surface area contributed by atoms with Crippen molar-refractivity contribution < 1.29 is 14.4 Å². The number of carbonyl (C=O) groups is 3. The van der Waals surface area contributed by atoms with E-state index in [1.54, 1.807) is 40.7 Å². The Bertz CT molecular complexity index is 904. The third kappa shape index (κ3) is 2.77. The van der Waals surface area contributed by atoms with Crippen molar-refractivity contribution in [2.45, 2.75) is 40.2 Å². The van der Waals surface area contributed by atoms with Crippen LogP contribution >= 0.6 is 0 Å². The number of hydrogen-bond donors (Lipinski definition) is 1. The fraction of sp³-hybridized carbons (Fsp3) is 0.381. The molecule has 1 aliphatic rings. The van der Waals surface area contributed by atoms with Gasteiger partial charge in [0.1, 0.15) is 5.92 Å². The topological polar surface area (TPSA) is 66.5 Å². The molecular weight excluding hydrogens is 328 g/mol. The van der Waals surface area contributed by atoms with Crippen LogP contribution in [0.15, 0.2) is 42.5 Å². The Kier molecular flexibility index (Phi) is 4.14. The minimum absolute atomic E-state index is 0.312. The standard InChI is InChI=1S/C21H24N2O3/c1-20(2,3)23-18(25)16(21(4,5)19(23)26)17(24)22-15-12-8-10-13-9-6-7-11-14(13)15/h6-12,16H,1-5H3,(H,22,24). The highest BCUT2D eigenvalue weighted by atomic mass is 16.2. The zero-order valence-electron chi connectivity index (χ0n) is 15.8. The molecule has 5 nitrogen and oxygen atoms in total. The Balaban J connectivity index is 1.97. The highest BCUT2D eigenvalue weighted by molar-refractivity contribution is 6.20. The molecule has 3 amide bonds. The molecule has 1 N–H and O–H groups in total. The molecule has 1 saturated heterocycles. The van der Waals surface area contributed by atoms with Crippen LogP contribution in [-0.4, -0.2) is 28.2 Å². The summed E-state index contributed by atoms with van der Waals surface area (Å²) in [5.74, 6) is -2.25. The first-order chi connectivity index (χ1) is 12.0. The van der Waals surface area contributed by atoms with E-state index in [0.29, 0.717) is 5.69 Å². The van der Waals surface area contributed by atoms with Gasteiger partial charge in [-0.15, -0.1) is 0 Å². The van der Waals surface area contributed by atoms with Crippen LogP contribution in [-0.2, 0) is 14.4 Å². The van der Waals surface area contributed by atoms with Crippen molar-refractivity contribution in [1.29, 1.82) is 0 Å². The molecule has 0 spiro atoms. The monoisotopic (exact) mass is 352 g/mol. The third-order valence-corrected chi connectivity index (χ3v) is 4.92. The van der Waals surface area contributed by atoms with Gasteiger partial charge in [0.05, 0.1) is 5.41 Å². The van der Waals surface area contributed by atoms with Gasteiger partial charge in [-0.25, -0.2) is 0 Å². The first-order valence-electron chi connectivity index (χ1n) is 8.72. The highest BCUT2D eigenvalue weighted by Gasteiger charge is 2.59. The summed E-state index contributed by atoms with van der Waals surface area (Å²) in [4.78, 5) is 39.9. The molecule has 0 saturated carbocycles. The van der Waals surface area contributed by atoms with Gasteiger partial charge in [0, 0.05) is 16.6 Å². The average molecular weight is 352 g/mol. The Morgan fingerprint density at radius 2 is 1.65 bits per heavy atom. The predicted molar refractivity (Wildman–Crippen MR) is 101 cm³/mol. The Morgan fingerprint density at radius 3 is 2.27 bits per heavy atom. The third-order valence-electron chi connectivity index (χ3n) is 4.92. The molecule has 0 radical (unpaired) electrons. The highest BCUT2D eigenvalue weighted by Crippen LogP contribution is 2.41. The van der Waals surface area contributed by atoms with E-state index in [-0.39, 0.29) is 5.91 Å². The summed E-state index contributed by atoms with van der Waals surface area (Å²) in [5.41, 5.74) is -1.11. The fourth-order valence-electron chi connectivity index (χ4n) is 3.56. The van der Waals surface area contributed by atoms with E-state index in [2.05, 4.69) is 5.32 Å². The van der Waals surface area contributed by atoms with E-state index in [4.69, 9.17) is 0 Å². The van der Waals surface area contributed by atoms with Gasteiger partial charge >= 0.3 is 0 Å². The average Bonchev–Trinajstić information content (AvgIpc) is 2.72. The zero-order valence-corrected chi connectivity index (χ0v) is 15.8. The van der Waals surface area contributed by atoms with E-state index in [9.17, 15) is 14.4 Å². The number of rotatable bonds is 2. The van der Waals surface area contributed by atoms with Gasteiger partial charge in [-0.2, -0.15) is 0 Å². The maximum Gasteiger partial charge on any atom is 0.243 e. The van der Waals surface area contributed by atoms with E-state index in [1.165, 1.54) is 4.90 Å². The van der Waals surface area contributed by atoms with Crippen LogP contribution in [0.2, 0.25) is 0 Å². The first-order valence-corrected chi connectivity index (χ1v) is 8.72. The summed E-state index contributed by atoms with van der Waals surface area (Å²) < 4.78 is 0. The van der Waals surface area contributed by atoms with Gasteiger partial charge in [0.25, 0.3) is 0 Å². The molecule has 0 aromatic heterocycles. The maximum atomic E-state index is 13.0. The molecule has 2 aromatic rings. The normalized spacial score (nSPS) is 19.9. The Labute approximate surface area is 153 Å². The number of nitrogens with one attached hydrogen (secondary N) is 1. The number of anilines is 1. The van der Waals surface area contributed by atoms with Gasteiger partial charge in [0.15, 0.2) is 0 Å². The van der Waals surface area contributed by atoms with Crippen molar-refractivity contribution in [2.75, 3.05) is 5.32 Å². The van der Waals surface area contributed by atoms with E-state index >= 15 is 0 Å². The van der Waals surface area contributed by atoms with Gasteiger partial charge in [-0.3, -0.25) is 19.3 Å². The number of benzene rings is 2. The van der Waals surface area contributed by atoms with Crippen LogP contribution in [0.5, 0.6) is 0 Å². The lowest BCUT2D eigenvalue weighted by Gasteiger charge is -2.30. The molecule has 2 aromatic carbocycles. The second-order valence-electron chi connectivity index (χ2n) is 8.32. The largest absolute Gasteiger partial charge is 0.325 e. The number of hydrogen-bond acceptors (Lipinski definition) is 3. The fourth-order valence-corrected chi connectivity index (χ4v) is 3.56. The molecule has 3 rings (SSSR count). The molecule has 0 aliphatic carbocycles. The Morgan fingerprint density at radius 1 is 1.04 bits per heavy atom. The quantitative estimate of drug-likeness (QED) is 0.663. The molecule has 1 fully saturated rings. The summed E-state index contributed by atoms with van der Waals surface area (Å²) in [6.07, 6.45) is 0. The van der Waals surface area contributed by atoms with Crippen molar-refractivity contribution in [3.8, 4) is 0 Å². The Hall–Kier alpha value is -2.69. The molecule has 1 unspecified atom stereocenters. The van der Waals surface area contributed by atoms with Crippen LogP contribution in [0.4, 0.5) is 5.69 Å². The van der Waals surface area contributed by atoms with Gasteiger partial charge in [-0.05, 0) is 46.1 Å². The smallest absolute Gasteiger partial charge is 0.243 e. The van der Waals surface area contributed by atoms with Crippen LogP contribution in [0.25, 0.3) is 10.8 Å². The van der Waals surface area contributed by atoms with Crippen molar-refractivity contribution in [3.05, 3.63) is 42.5 Å². The second kappa shape index (κ2) is 5.94. The van der Waals surface area contributed by atoms with Gasteiger partial charge in [-0.1, -0.05) is 36.4 Å². The van der Waals surface area contributed by atoms with Gasteiger partial charge in [0.2, 0.25) is 17.7 Å². The van der Waals surface area contributed by atoms with Crippen LogP contribution in [0, 0.1) is 11.3 Å². The minimum Gasteiger partial charge on any atom is -0.325 e. The minimum atomic E-state index is -1.08. The molecule has 5 heteroatoms. The summed E-state index contributed by atoms with van der Waals surface area (Å²) in [5, 5.41) is 4.76. The molecule has 1 atom stereocenters. The molecule has 26 heavy (non-hydrogen) atoms. The van der Waals surface area contributed by atoms with Gasteiger partial charge < -0.3 is 5.32 Å². The van der Waals surface area contributed by atoms with E-state index in [0.717, 1.165) is 10.8 Å². The molecular formula is C21H24N2O3. The van der Waals surface area contributed by atoms with Crippen molar-refractivity contribution >= 4 is 34.2 Å². The van der Waals surface area contributed by atoms with Crippen LogP contribution in [0.1, 0.15) is 34.6 Å². The van der Waals surface area contributed by atoms with Crippen molar-refractivity contribution in [1.82, 2.24) is 4.90 Å². The first kappa shape index (κ1) is 18.1. The summed E-state index contributed by atoms with van der Waals surface area (Å²) in [7, 11) is 0. The van der Waals surface area contributed by atoms with Crippen molar-refractivity contribution in [3.63, 3.8) is 0 Å². The summed E-state index contributed by atoms with van der Waals surface area (Å²) >= 11 is 0. The van der Waals surface area contributed by atoms with Crippen molar-refractivity contribution in [2.24, 2.45) is 11.3 Å². The molecule has 0 bridgehead atoms. The number of nitrogens with zero attached hydrogens (tertiary/aromatic N) is 1. The lowest BCUT2D eigenvalue weighted by molar-refractivity contribution is -0.146. The number of likely N-dealkylation sites (tertiary alicyclic amines) is 1. The number of fused-ring (bicyclic) bond motifs is 1. The number of amides is 3. The SMILES string of the molecule is CC1(C)C(=O)N(C(C)(C)C)C(=O)C1C(=O)Nc1cccc2ccccc12. The molecule has 1 heterocycles. The van der Waals surface area contributed by atoms with E-state index < -0.39 is 28.7 Å². The lowest BCUT2D eigenvalue weighted by Crippen LogP contribution is -2.47. The van der Waals surface area contributed by atoms with Crippen LogP contribution < -0.4 is 5.32 Å². The van der Waals surface area contributed by atoms with E-state index in [1.807, 2.05) is 36.4 Å². The zero-order chi connectivity index (χ0) is 19.3. The second-order valence-corrected chi connectivity index (χ2v) is 8.32. The lowest BCUT2D eigenvalue weighted by atomic mass is 9.80. The summed E-state index contributed by atoms with van der Waals surface area (Å²) in [6.45, 7) is 8.70. The molecule has 136 valence electrons. The van der Waals surface area contributed by atoms with Crippen LogP contribution in [0.3, 0.4) is 0 Å². The molecule has 1 aliphatic heterocycles. The number of carbonyl (C=O) groups excluding carboxylic acids is 3. The summed E-state index contributed by atoms with van der Waals surface area (Å²) in [6, 6.07) is 13.3. The number of imide groups is 1. The maximum absolute atomic E-state index is 13.0. The predicted octanol–water partition coefficient (Wildman–Crippen LogP) is 3.59.